The minimum Gasteiger partial charge on any atom is -0.468 e. The standard InChI is InChI=1S/C17H17NO5S3/c1-13-6-8-14(9-7-13)25(19,20)16(15-4-2-10-23-15)12-18-26(21,22)17-5-3-11-24-17/h2-11,16,18H,12H2,1H3/t16-/m0/s1. The van der Waals surface area contributed by atoms with Crippen molar-refractivity contribution in [2.75, 3.05) is 6.54 Å². The van der Waals surface area contributed by atoms with Crippen LogP contribution in [0.1, 0.15) is 16.6 Å². The van der Waals surface area contributed by atoms with Crippen molar-refractivity contribution in [2.24, 2.45) is 0 Å². The molecular formula is C17H17NO5S3. The van der Waals surface area contributed by atoms with E-state index in [1.807, 2.05) is 6.92 Å². The third-order valence-electron chi connectivity index (χ3n) is 3.80. The molecular weight excluding hydrogens is 394 g/mol. The smallest absolute Gasteiger partial charge is 0.250 e. The summed E-state index contributed by atoms with van der Waals surface area (Å²) in [5.74, 6) is 0.180. The van der Waals surface area contributed by atoms with Crippen molar-refractivity contribution in [2.45, 2.75) is 21.3 Å². The third-order valence-corrected chi connectivity index (χ3v) is 8.70. The van der Waals surface area contributed by atoms with E-state index in [2.05, 4.69) is 4.72 Å². The topological polar surface area (TPSA) is 93.5 Å². The van der Waals surface area contributed by atoms with Gasteiger partial charge in [0.05, 0.1) is 11.2 Å². The number of sulfonamides is 1. The number of nitrogens with one attached hydrogen (secondary N) is 1. The first-order valence-electron chi connectivity index (χ1n) is 7.68. The van der Waals surface area contributed by atoms with Crippen LogP contribution in [-0.4, -0.2) is 23.4 Å². The molecule has 6 nitrogen and oxygen atoms in total. The van der Waals surface area contributed by atoms with Crippen LogP contribution < -0.4 is 4.72 Å². The van der Waals surface area contributed by atoms with Gasteiger partial charge in [0.15, 0.2) is 9.84 Å². The van der Waals surface area contributed by atoms with Crippen LogP contribution in [0.15, 0.2) is 73.7 Å². The number of hydrogen-bond donors (Lipinski definition) is 1. The molecule has 2 aromatic heterocycles. The monoisotopic (exact) mass is 411 g/mol. The Bertz CT molecular complexity index is 1050. The van der Waals surface area contributed by atoms with Gasteiger partial charge in [0.2, 0.25) is 10.0 Å². The maximum atomic E-state index is 13.1. The number of thiophene rings is 1. The van der Waals surface area contributed by atoms with Gasteiger partial charge in [0.1, 0.15) is 15.2 Å². The third kappa shape index (κ3) is 3.90. The van der Waals surface area contributed by atoms with Crippen LogP contribution in [0.2, 0.25) is 0 Å². The van der Waals surface area contributed by atoms with E-state index in [-0.39, 0.29) is 21.4 Å². The lowest BCUT2D eigenvalue weighted by Crippen LogP contribution is -2.31. The first-order chi connectivity index (χ1) is 12.3. The number of sulfone groups is 1. The van der Waals surface area contributed by atoms with Crippen molar-refractivity contribution in [3.05, 3.63) is 71.5 Å². The zero-order valence-corrected chi connectivity index (χ0v) is 16.3. The van der Waals surface area contributed by atoms with Crippen LogP contribution in [0.5, 0.6) is 0 Å². The number of rotatable bonds is 7. The molecule has 0 amide bonds. The van der Waals surface area contributed by atoms with Gasteiger partial charge < -0.3 is 4.42 Å². The Kier molecular flexibility index (Phi) is 5.33. The quantitative estimate of drug-likeness (QED) is 0.645. The van der Waals surface area contributed by atoms with E-state index in [0.29, 0.717) is 0 Å². The summed E-state index contributed by atoms with van der Waals surface area (Å²) in [6, 6.07) is 12.6. The minimum atomic E-state index is -3.85. The maximum Gasteiger partial charge on any atom is 0.250 e. The number of furan rings is 1. The molecule has 0 radical (unpaired) electrons. The van der Waals surface area contributed by atoms with Crippen LogP contribution in [-0.2, 0) is 19.9 Å². The van der Waals surface area contributed by atoms with Crippen molar-refractivity contribution in [3.63, 3.8) is 0 Å². The van der Waals surface area contributed by atoms with E-state index in [4.69, 9.17) is 4.42 Å². The second-order valence-corrected chi connectivity index (χ2v) is 10.7. The SMILES string of the molecule is Cc1ccc(S(=O)(=O)[C@@H](CNS(=O)(=O)c2cccs2)c2ccco2)cc1. The molecule has 0 unspecified atom stereocenters. The van der Waals surface area contributed by atoms with E-state index in [9.17, 15) is 16.8 Å². The molecule has 0 aliphatic heterocycles. The summed E-state index contributed by atoms with van der Waals surface area (Å²) >= 11 is 1.06. The molecule has 1 atom stereocenters. The van der Waals surface area contributed by atoms with Gasteiger partial charge in [0, 0.05) is 6.54 Å². The summed E-state index contributed by atoms with van der Waals surface area (Å²) in [4.78, 5) is 0.111. The first-order valence-corrected chi connectivity index (χ1v) is 11.6. The molecule has 0 aliphatic carbocycles. The van der Waals surface area contributed by atoms with Gasteiger partial charge in [-0.05, 0) is 42.6 Å². The highest BCUT2D eigenvalue weighted by Gasteiger charge is 2.33. The van der Waals surface area contributed by atoms with Crippen LogP contribution in [0.3, 0.4) is 0 Å². The summed E-state index contributed by atoms with van der Waals surface area (Å²) in [6.45, 7) is 1.53. The van der Waals surface area contributed by atoms with Crippen molar-refractivity contribution in [1.29, 1.82) is 0 Å². The van der Waals surface area contributed by atoms with E-state index >= 15 is 0 Å². The van der Waals surface area contributed by atoms with Crippen molar-refractivity contribution >= 4 is 31.2 Å². The van der Waals surface area contributed by atoms with Gasteiger partial charge in [-0.1, -0.05) is 23.8 Å². The number of hydrogen-bond acceptors (Lipinski definition) is 6. The van der Waals surface area contributed by atoms with Gasteiger partial charge >= 0.3 is 0 Å². The van der Waals surface area contributed by atoms with Gasteiger partial charge in [0.25, 0.3) is 0 Å². The Balaban J connectivity index is 1.93. The van der Waals surface area contributed by atoms with Crippen molar-refractivity contribution < 1.29 is 21.3 Å². The molecule has 0 aliphatic rings. The predicted octanol–water partition coefficient (Wildman–Crippen LogP) is 3.14. The van der Waals surface area contributed by atoms with Crippen molar-refractivity contribution in [3.8, 4) is 0 Å². The summed E-state index contributed by atoms with van der Waals surface area (Å²) in [6.07, 6.45) is 1.36. The van der Waals surface area contributed by atoms with Gasteiger partial charge in [-0.15, -0.1) is 11.3 Å². The normalized spacial score (nSPS) is 13.6. The molecule has 0 spiro atoms. The molecule has 26 heavy (non-hydrogen) atoms. The Morgan fingerprint density at radius 2 is 1.77 bits per heavy atom. The van der Waals surface area contributed by atoms with E-state index < -0.39 is 25.1 Å². The summed E-state index contributed by atoms with van der Waals surface area (Å²) in [5.41, 5.74) is 0.928. The zero-order valence-electron chi connectivity index (χ0n) is 13.8. The Morgan fingerprint density at radius 1 is 1.04 bits per heavy atom. The fourth-order valence-corrected chi connectivity index (χ4v) is 6.18. The Morgan fingerprint density at radius 3 is 2.35 bits per heavy atom. The minimum absolute atomic E-state index is 0.111. The largest absolute Gasteiger partial charge is 0.468 e. The zero-order chi connectivity index (χ0) is 18.8. The summed E-state index contributed by atoms with van der Waals surface area (Å²) in [7, 11) is -7.64. The van der Waals surface area contributed by atoms with Crippen molar-refractivity contribution in [1.82, 2.24) is 4.72 Å². The fraction of sp³-hybridized carbons (Fsp3) is 0.176. The number of aryl methyl sites for hydroxylation is 1. The average Bonchev–Trinajstić information content (AvgIpc) is 3.29. The molecule has 0 bridgehead atoms. The molecule has 1 aromatic carbocycles. The molecule has 0 saturated carbocycles. The lowest BCUT2D eigenvalue weighted by atomic mass is 10.2. The molecule has 0 saturated heterocycles. The predicted molar refractivity (Wildman–Crippen MR) is 99.3 cm³/mol. The van der Waals surface area contributed by atoms with E-state index in [0.717, 1.165) is 16.9 Å². The maximum absolute atomic E-state index is 13.1. The second kappa shape index (κ2) is 7.36. The van der Waals surface area contributed by atoms with Crippen LogP contribution >= 0.6 is 11.3 Å². The lowest BCUT2D eigenvalue weighted by Gasteiger charge is -2.16. The fourth-order valence-electron chi connectivity index (χ4n) is 2.40. The average molecular weight is 412 g/mol. The van der Waals surface area contributed by atoms with Crippen LogP contribution in [0.25, 0.3) is 0 Å². The molecule has 2 heterocycles. The Hall–Kier alpha value is -1.94. The summed E-state index contributed by atoms with van der Waals surface area (Å²) < 4.78 is 58.6. The highest BCUT2D eigenvalue weighted by Crippen LogP contribution is 2.29. The summed E-state index contributed by atoms with van der Waals surface area (Å²) in [5, 5.41) is 0.469. The van der Waals surface area contributed by atoms with Gasteiger partial charge in [-0.3, -0.25) is 0 Å². The number of benzene rings is 1. The van der Waals surface area contributed by atoms with Crippen LogP contribution in [0.4, 0.5) is 0 Å². The van der Waals surface area contributed by atoms with E-state index in [1.165, 1.54) is 30.5 Å². The molecule has 1 N–H and O–H groups in total. The molecule has 138 valence electrons. The first kappa shape index (κ1) is 18.8. The van der Waals surface area contributed by atoms with E-state index in [1.54, 1.807) is 29.6 Å². The molecule has 3 aromatic rings. The van der Waals surface area contributed by atoms with Crippen LogP contribution in [0, 0.1) is 6.92 Å². The highest BCUT2D eigenvalue weighted by molar-refractivity contribution is 7.92. The highest BCUT2D eigenvalue weighted by atomic mass is 32.2. The Labute approximate surface area is 156 Å². The lowest BCUT2D eigenvalue weighted by molar-refractivity contribution is 0.486. The van der Waals surface area contributed by atoms with Gasteiger partial charge in [-0.2, -0.15) is 0 Å². The molecule has 0 fully saturated rings. The second-order valence-electron chi connectivity index (χ2n) is 5.65. The van der Waals surface area contributed by atoms with Gasteiger partial charge in [-0.25, -0.2) is 21.6 Å². The molecule has 9 heteroatoms. The molecule has 3 rings (SSSR count).